The van der Waals surface area contributed by atoms with Crippen LogP contribution in [0.25, 0.3) is 0 Å². The van der Waals surface area contributed by atoms with Crippen molar-refractivity contribution in [2.45, 2.75) is 24.8 Å². The molecule has 0 saturated heterocycles. The predicted molar refractivity (Wildman–Crippen MR) is 79.1 cm³/mol. The number of anilines is 1. The summed E-state index contributed by atoms with van der Waals surface area (Å²) in [5, 5.41) is 9.52. The van der Waals surface area contributed by atoms with Crippen molar-refractivity contribution in [2.75, 3.05) is 4.72 Å². The van der Waals surface area contributed by atoms with Crippen LogP contribution in [0, 0.1) is 6.92 Å². The molecule has 0 radical (unpaired) electrons. The van der Waals surface area contributed by atoms with Gasteiger partial charge in [0.2, 0.25) is 0 Å². The van der Waals surface area contributed by atoms with E-state index in [4.69, 9.17) is 0 Å². The maximum atomic E-state index is 12.3. The van der Waals surface area contributed by atoms with Crippen molar-refractivity contribution >= 4 is 15.7 Å². The van der Waals surface area contributed by atoms with Gasteiger partial charge in [0.05, 0.1) is 11.0 Å². The topological polar surface area (TPSA) is 66.4 Å². The number of aryl methyl sites for hydroxylation is 1. The van der Waals surface area contributed by atoms with Gasteiger partial charge in [0.15, 0.2) is 0 Å². The SMILES string of the molecule is Cc1cccc(S(=O)(=O)Nc2cccc([C@@H](C)O)c2)c1. The van der Waals surface area contributed by atoms with Gasteiger partial charge in [-0.2, -0.15) is 0 Å². The Morgan fingerprint density at radius 1 is 1.10 bits per heavy atom. The molecule has 5 heteroatoms. The van der Waals surface area contributed by atoms with Gasteiger partial charge in [0, 0.05) is 5.69 Å². The zero-order valence-electron chi connectivity index (χ0n) is 11.4. The Morgan fingerprint density at radius 3 is 2.45 bits per heavy atom. The molecule has 0 aliphatic carbocycles. The van der Waals surface area contributed by atoms with Crippen LogP contribution in [0.2, 0.25) is 0 Å². The summed E-state index contributed by atoms with van der Waals surface area (Å²) in [4.78, 5) is 0.222. The lowest BCUT2D eigenvalue weighted by atomic mass is 10.1. The van der Waals surface area contributed by atoms with E-state index in [9.17, 15) is 13.5 Å². The Morgan fingerprint density at radius 2 is 1.80 bits per heavy atom. The molecule has 2 aromatic rings. The molecule has 0 spiro atoms. The largest absolute Gasteiger partial charge is 0.389 e. The number of sulfonamides is 1. The molecule has 0 saturated carbocycles. The summed E-state index contributed by atoms with van der Waals surface area (Å²) in [7, 11) is -3.61. The standard InChI is InChI=1S/C15H17NO3S/c1-11-5-3-8-15(9-11)20(18,19)16-14-7-4-6-13(10-14)12(2)17/h3-10,12,16-17H,1-2H3/t12-/m1/s1. The molecule has 106 valence electrons. The van der Waals surface area contributed by atoms with Crippen LogP contribution in [0.5, 0.6) is 0 Å². The first-order valence-electron chi connectivity index (χ1n) is 6.26. The third-order valence-corrected chi connectivity index (χ3v) is 4.30. The second-order valence-corrected chi connectivity index (χ2v) is 6.41. The molecule has 0 unspecified atom stereocenters. The van der Waals surface area contributed by atoms with E-state index in [0.717, 1.165) is 5.56 Å². The van der Waals surface area contributed by atoms with Crippen LogP contribution in [0.15, 0.2) is 53.4 Å². The number of hydrogen-bond acceptors (Lipinski definition) is 3. The smallest absolute Gasteiger partial charge is 0.261 e. The molecule has 4 nitrogen and oxygen atoms in total. The van der Waals surface area contributed by atoms with Crippen molar-refractivity contribution in [3.63, 3.8) is 0 Å². The minimum absolute atomic E-state index is 0.222. The molecule has 2 N–H and O–H groups in total. The molecule has 0 heterocycles. The fourth-order valence-corrected chi connectivity index (χ4v) is 3.01. The summed E-state index contributed by atoms with van der Waals surface area (Å²) in [6, 6.07) is 13.4. The first-order chi connectivity index (χ1) is 9.38. The van der Waals surface area contributed by atoms with E-state index in [1.54, 1.807) is 49.4 Å². The summed E-state index contributed by atoms with van der Waals surface area (Å²) < 4.78 is 27.0. The third-order valence-electron chi connectivity index (χ3n) is 2.92. The van der Waals surface area contributed by atoms with Crippen LogP contribution < -0.4 is 4.72 Å². The van der Waals surface area contributed by atoms with Gasteiger partial charge in [-0.3, -0.25) is 4.72 Å². The Labute approximate surface area is 119 Å². The van der Waals surface area contributed by atoms with E-state index in [1.165, 1.54) is 0 Å². The predicted octanol–water partition coefficient (Wildman–Crippen LogP) is 2.85. The van der Waals surface area contributed by atoms with Gasteiger partial charge in [-0.05, 0) is 49.2 Å². The van der Waals surface area contributed by atoms with Crippen molar-refractivity contribution < 1.29 is 13.5 Å². The van der Waals surface area contributed by atoms with Crippen molar-refractivity contribution in [1.82, 2.24) is 0 Å². The van der Waals surface area contributed by atoms with Crippen LogP contribution in [0.4, 0.5) is 5.69 Å². The molecule has 0 amide bonds. The maximum Gasteiger partial charge on any atom is 0.261 e. The van der Waals surface area contributed by atoms with Gasteiger partial charge < -0.3 is 5.11 Å². The first kappa shape index (κ1) is 14.6. The van der Waals surface area contributed by atoms with E-state index < -0.39 is 16.1 Å². The molecule has 20 heavy (non-hydrogen) atoms. The van der Waals surface area contributed by atoms with Crippen LogP contribution in [0.1, 0.15) is 24.2 Å². The Hall–Kier alpha value is -1.85. The highest BCUT2D eigenvalue weighted by Crippen LogP contribution is 2.20. The van der Waals surface area contributed by atoms with Crippen molar-refractivity contribution in [2.24, 2.45) is 0 Å². The van der Waals surface area contributed by atoms with Gasteiger partial charge in [-0.1, -0.05) is 24.3 Å². The van der Waals surface area contributed by atoms with Gasteiger partial charge in [0.1, 0.15) is 0 Å². The minimum Gasteiger partial charge on any atom is -0.389 e. The van der Waals surface area contributed by atoms with E-state index in [0.29, 0.717) is 11.3 Å². The van der Waals surface area contributed by atoms with Crippen LogP contribution in [-0.2, 0) is 10.0 Å². The van der Waals surface area contributed by atoms with Crippen molar-refractivity contribution in [3.8, 4) is 0 Å². The summed E-state index contributed by atoms with van der Waals surface area (Å²) >= 11 is 0. The molecule has 0 aliphatic rings. The number of aliphatic hydroxyl groups excluding tert-OH is 1. The minimum atomic E-state index is -3.61. The fraction of sp³-hybridized carbons (Fsp3) is 0.200. The lowest BCUT2D eigenvalue weighted by Crippen LogP contribution is -2.13. The van der Waals surface area contributed by atoms with Crippen molar-refractivity contribution in [1.29, 1.82) is 0 Å². The molecule has 0 fully saturated rings. The molecular weight excluding hydrogens is 274 g/mol. The Bertz CT molecular complexity index is 709. The number of hydrogen-bond donors (Lipinski definition) is 2. The molecule has 2 aromatic carbocycles. The summed E-state index contributed by atoms with van der Waals surface area (Å²) in [6.45, 7) is 3.47. The van der Waals surface area contributed by atoms with E-state index in [1.807, 2.05) is 13.0 Å². The second-order valence-electron chi connectivity index (χ2n) is 4.72. The van der Waals surface area contributed by atoms with Crippen molar-refractivity contribution in [3.05, 3.63) is 59.7 Å². The highest BCUT2D eigenvalue weighted by molar-refractivity contribution is 7.92. The normalized spacial score (nSPS) is 12.9. The molecule has 0 bridgehead atoms. The summed E-state index contributed by atoms with van der Waals surface area (Å²) in [5.74, 6) is 0. The molecule has 0 aromatic heterocycles. The number of nitrogens with one attached hydrogen (secondary N) is 1. The lowest BCUT2D eigenvalue weighted by Gasteiger charge is -2.11. The van der Waals surface area contributed by atoms with E-state index in [-0.39, 0.29) is 4.90 Å². The first-order valence-corrected chi connectivity index (χ1v) is 7.74. The summed E-state index contributed by atoms with van der Waals surface area (Å²) in [6.07, 6.45) is -0.640. The van der Waals surface area contributed by atoms with Gasteiger partial charge in [0.25, 0.3) is 10.0 Å². The Balaban J connectivity index is 2.31. The summed E-state index contributed by atoms with van der Waals surface area (Å²) in [5.41, 5.74) is 1.98. The molecule has 1 atom stereocenters. The number of benzene rings is 2. The number of aliphatic hydroxyl groups is 1. The third kappa shape index (κ3) is 3.37. The van der Waals surface area contributed by atoms with Crippen LogP contribution in [-0.4, -0.2) is 13.5 Å². The second kappa shape index (κ2) is 5.64. The zero-order chi connectivity index (χ0) is 14.8. The van der Waals surface area contributed by atoms with E-state index >= 15 is 0 Å². The molecular formula is C15H17NO3S. The zero-order valence-corrected chi connectivity index (χ0v) is 12.2. The monoisotopic (exact) mass is 291 g/mol. The van der Waals surface area contributed by atoms with Gasteiger partial charge >= 0.3 is 0 Å². The maximum absolute atomic E-state index is 12.3. The highest BCUT2D eigenvalue weighted by Gasteiger charge is 2.14. The fourth-order valence-electron chi connectivity index (χ4n) is 1.86. The average molecular weight is 291 g/mol. The Kier molecular flexibility index (Phi) is 4.11. The average Bonchev–Trinajstić information content (AvgIpc) is 2.38. The number of rotatable bonds is 4. The quantitative estimate of drug-likeness (QED) is 0.910. The molecule has 2 rings (SSSR count). The molecule has 0 aliphatic heterocycles. The van der Waals surface area contributed by atoms with Gasteiger partial charge in [-0.25, -0.2) is 8.42 Å². The lowest BCUT2D eigenvalue weighted by molar-refractivity contribution is 0.199. The van der Waals surface area contributed by atoms with E-state index in [2.05, 4.69) is 4.72 Å². The highest BCUT2D eigenvalue weighted by atomic mass is 32.2. The van der Waals surface area contributed by atoms with Crippen LogP contribution >= 0.6 is 0 Å². The van der Waals surface area contributed by atoms with Crippen LogP contribution in [0.3, 0.4) is 0 Å². The van der Waals surface area contributed by atoms with Gasteiger partial charge in [-0.15, -0.1) is 0 Å².